The first kappa shape index (κ1) is 22.0. The standard InChI is InChI=1S/C18H13ClF5NO4S2/c19-13-8-10(31(20,21,22,23)24)2-4-14(13)29-9-1-3-11-12(5-6-28-15(11)7-9)16-17(26)25-18(27)30-16/h1-4,7-8,12,16H,5-6H2,(H,25,26,27)/t12-,16?/m1/s1. The molecular formula is C18H13ClF5NO4S2. The molecule has 0 spiro atoms. The number of halogens is 6. The Labute approximate surface area is 181 Å². The van der Waals surface area contributed by atoms with Gasteiger partial charge < -0.3 is 9.47 Å². The molecule has 168 valence electrons. The van der Waals surface area contributed by atoms with Crippen LogP contribution in [0.2, 0.25) is 5.02 Å². The van der Waals surface area contributed by atoms with Crippen LogP contribution >= 0.6 is 33.6 Å². The summed E-state index contributed by atoms with van der Waals surface area (Å²) >= 11 is 6.64. The molecule has 1 fully saturated rings. The lowest BCUT2D eigenvalue weighted by atomic mass is 9.89. The van der Waals surface area contributed by atoms with E-state index < -0.39 is 30.6 Å². The van der Waals surface area contributed by atoms with E-state index in [4.69, 9.17) is 21.1 Å². The van der Waals surface area contributed by atoms with Crippen LogP contribution in [0.15, 0.2) is 41.3 Å². The molecule has 0 radical (unpaired) electrons. The Balaban J connectivity index is 1.59. The van der Waals surface area contributed by atoms with E-state index in [0.717, 1.165) is 11.8 Å². The van der Waals surface area contributed by atoms with Crippen molar-refractivity contribution in [1.82, 2.24) is 5.32 Å². The highest BCUT2D eigenvalue weighted by Gasteiger charge is 2.65. The van der Waals surface area contributed by atoms with E-state index in [9.17, 15) is 29.0 Å². The molecule has 0 aliphatic carbocycles. The SMILES string of the molecule is O=C1NC(=O)C([C@@H]2CCOc3cc(Oc4ccc(S(F)(F)(F)(F)F)cc4Cl)ccc32)S1. The molecule has 31 heavy (non-hydrogen) atoms. The van der Waals surface area contributed by atoms with Crippen LogP contribution in [-0.2, 0) is 4.79 Å². The minimum absolute atomic E-state index is 0.121. The number of benzene rings is 2. The van der Waals surface area contributed by atoms with E-state index in [2.05, 4.69) is 5.32 Å². The van der Waals surface area contributed by atoms with Crippen LogP contribution in [0.25, 0.3) is 0 Å². The van der Waals surface area contributed by atoms with E-state index in [1.54, 1.807) is 6.07 Å². The monoisotopic (exact) mass is 501 g/mol. The summed E-state index contributed by atoms with van der Waals surface area (Å²) in [6, 6.07) is 5.59. The molecule has 1 N–H and O–H groups in total. The van der Waals surface area contributed by atoms with Crippen molar-refractivity contribution in [1.29, 1.82) is 0 Å². The van der Waals surface area contributed by atoms with E-state index in [1.165, 1.54) is 12.1 Å². The van der Waals surface area contributed by atoms with Gasteiger partial charge in [0.15, 0.2) is 0 Å². The fraction of sp³-hybridized carbons (Fsp3) is 0.222. The first-order valence-corrected chi connectivity index (χ1v) is 11.9. The van der Waals surface area contributed by atoms with Gasteiger partial charge in [-0.2, -0.15) is 0 Å². The zero-order valence-electron chi connectivity index (χ0n) is 15.3. The number of carbonyl (C=O) groups excluding carboxylic acids is 2. The molecule has 13 heteroatoms. The zero-order valence-corrected chi connectivity index (χ0v) is 17.6. The lowest BCUT2D eigenvalue weighted by Crippen LogP contribution is -2.31. The van der Waals surface area contributed by atoms with Gasteiger partial charge in [0.05, 0.1) is 11.6 Å². The van der Waals surface area contributed by atoms with Gasteiger partial charge in [0.25, 0.3) is 5.24 Å². The third-order valence-electron chi connectivity index (χ3n) is 4.73. The molecule has 4 rings (SSSR count). The van der Waals surface area contributed by atoms with Crippen LogP contribution in [0.1, 0.15) is 17.9 Å². The maximum Gasteiger partial charge on any atom is 0.310 e. The molecule has 2 aromatic carbocycles. The van der Waals surface area contributed by atoms with Crippen molar-refractivity contribution in [3.8, 4) is 17.2 Å². The van der Waals surface area contributed by atoms with Gasteiger partial charge in [-0.1, -0.05) is 48.9 Å². The van der Waals surface area contributed by atoms with Crippen molar-refractivity contribution >= 4 is 44.7 Å². The number of hydrogen-bond donors (Lipinski definition) is 1. The molecule has 2 aliphatic rings. The summed E-state index contributed by atoms with van der Waals surface area (Å²) < 4.78 is 75.7. The number of hydrogen-bond acceptors (Lipinski definition) is 5. The summed E-state index contributed by atoms with van der Waals surface area (Å²) in [5.74, 6) is -0.406. The van der Waals surface area contributed by atoms with E-state index >= 15 is 0 Å². The fourth-order valence-corrected chi connectivity index (χ4v) is 5.29. The van der Waals surface area contributed by atoms with Crippen molar-refractivity contribution in [3.05, 3.63) is 47.0 Å². The maximum atomic E-state index is 12.9. The van der Waals surface area contributed by atoms with Crippen molar-refractivity contribution in [2.75, 3.05) is 6.61 Å². The number of fused-ring (bicyclic) bond motifs is 1. The van der Waals surface area contributed by atoms with Crippen LogP contribution in [0, 0.1) is 0 Å². The second-order valence-electron chi connectivity index (χ2n) is 6.92. The quantitative estimate of drug-likeness (QED) is 0.457. The molecule has 2 aliphatic heterocycles. The fourth-order valence-electron chi connectivity index (χ4n) is 3.34. The molecule has 2 atom stereocenters. The van der Waals surface area contributed by atoms with Gasteiger partial charge in [-0.05, 0) is 36.2 Å². The van der Waals surface area contributed by atoms with Crippen molar-refractivity contribution < 1.29 is 38.5 Å². The normalized spacial score (nSPS) is 23.3. The van der Waals surface area contributed by atoms with Crippen LogP contribution in [0.5, 0.6) is 17.2 Å². The molecule has 5 nitrogen and oxygen atoms in total. The predicted molar refractivity (Wildman–Crippen MR) is 107 cm³/mol. The van der Waals surface area contributed by atoms with Gasteiger partial charge >= 0.3 is 10.2 Å². The summed E-state index contributed by atoms with van der Waals surface area (Å²) in [6.45, 7) is 0.277. The Kier molecular flexibility index (Phi) is 4.73. The van der Waals surface area contributed by atoms with Gasteiger partial charge in [-0.15, -0.1) is 0 Å². The zero-order chi connectivity index (χ0) is 22.7. The van der Waals surface area contributed by atoms with Gasteiger partial charge in [0, 0.05) is 12.0 Å². The first-order chi connectivity index (χ1) is 14.2. The smallest absolute Gasteiger partial charge is 0.310 e. The number of ether oxygens (including phenoxy) is 2. The molecule has 1 saturated heterocycles. The number of thioether (sulfide) groups is 1. The van der Waals surface area contributed by atoms with Gasteiger partial charge in [0.1, 0.15) is 27.4 Å². The number of carbonyl (C=O) groups is 2. The van der Waals surface area contributed by atoms with Crippen molar-refractivity contribution in [2.24, 2.45) is 0 Å². The summed E-state index contributed by atoms with van der Waals surface area (Å²) in [5.41, 5.74) is 0.670. The third-order valence-corrected chi connectivity index (χ3v) is 7.28. The molecule has 2 aromatic rings. The van der Waals surface area contributed by atoms with Crippen molar-refractivity contribution in [2.45, 2.75) is 22.5 Å². The van der Waals surface area contributed by atoms with E-state index in [-0.39, 0.29) is 42.1 Å². The number of amides is 2. The number of nitrogens with one attached hydrogen (secondary N) is 1. The Bertz CT molecular complexity index is 1110. The lowest BCUT2D eigenvalue weighted by Gasteiger charge is -2.40. The molecule has 0 saturated carbocycles. The minimum Gasteiger partial charge on any atom is -0.493 e. The molecule has 0 bridgehead atoms. The number of imide groups is 1. The third kappa shape index (κ3) is 4.55. The predicted octanol–water partition coefficient (Wildman–Crippen LogP) is 7.01. The topological polar surface area (TPSA) is 64.6 Å². The summed E-state index contributed by atoms with van der Waals surface area (Å²) in [4.78, 5) is 21.4. The first-order valence-electron chi connectivity index (χ1n) is 8.71. The largest absolute Gasteiger partial charge is 0.493 e. The minimum atomic E-state index is -9.86. The second kappa shape index (κ2) is 6.66. The van der Waals surface area contributed by atoms with Crippen LogP contribution in [0.3, 0.4) is 0 Å². The molecule has 2 heterocycles. The Morgan fingerprint density at radius 1 is 1.10 bits per heavy atom. The lowest BCUT2D eigenvalue weighted by molar-refractivity contribution is -0.119. The molecule has 1 unspecified atom stereocenters. The second-order valence-corrected chi connectivity index (χ2v) is 10.9. The molecule has 2 amide bonds. The average Bonchev–Trinajstić information content (AvgIpc) is 2.98. The van der Waals surface area contributed by atoms with Crippen molar-refractivity contribution in [3.63, 3.8) is 0 Å². The van der Waals surface area contributed by atoms with Crippen LogP contribution in [-0.4, -0.2) is 23.0 Å². The molecular weight excluding hydrogens is 489 g/mol. The highest BCUT2D eigenvalue weighted by atomic mass is 35.5. The van der Waals surface area contributed by atoms with Crippen LogP contribution in [0.4, 0.5) is 24.2 Å². The van der Waals surface area contributed by atoms with E-state index in [0.29, 0.717) is 23.8 Å². The summed E-state index contributed by atoms with van der Waals surface area (Å²) in [7, 11) is -9.86. The summed E-state index contributed by atoms with van der Waals surface area (Å²) in [6.07, 6.45) is 0.507. The highest BCUT2D eigenvalue weighted by Crippen LogP contribution is 3.02. The Morgan fingerprint density at radius 2 is 1.84 bits per heavy atom. The number of rotatable bonds is 4. The van der Waals surface area contributed by atoms with Gasteiger partial charge in [0.2, 0.25) is 5.91 Å². The van der Waals surface area contributed by atoms with Gasteiger partial charge in [-0.25, -0.2) is 0 Å². The molecule has 0 aromatic heterocycles. The maximum absolute atomic E-state index is 12.9. The van der Waals surface area contributed by atoms with Crippen LogP contribution < -0.4 is 14.8 Å². The van der Waals surface area contributed by atoms with E-state index in [1.807, 2.05) is 0 Å². The van der Waals surface area contributed by atoms with Gasteiger partial charge in [-0.3, -0.25) is 14.9 Å². The Hall–Kier alpha value is -2.18. The highest BCUT2D eigenvalue weighted by molar-refractivity contribution is 8.45. The summed E-state index contributed by atoms with van der Waals surface area (Å²) in [5, 5.41) is 0.576. The average molecular weight is 502 g/mol. The Morgan fingerprint density at radius 3 is 2.45 bits per heavy atom.